The monoisotopic (exact) mass is 840 g/mol. The van der Waals surface area contributed by atoms with Gasteiger partial charge in [-0.05, 0) is 85.1 Å². The van der Waals surface area contributed by atoms with Gasteiger partial charge >= 0.3 is 5.97 Å². The molecule has 328 valence electrons. The van der Waals surface area contributed by atoms with E-state index in [1.807, 2.05) is 42.5 Å². The third-order valence-electron chi connectivity index (χ3n) is 10.9. The lowest BCUT2D eigenvalue weighted by molar-refractivity contribution is 0.0729. The molecule has 0 amide bonds. The first-order valence-corrected chi connectivity index (χ1v) is 24.1. The Balaban J connectivity index is 1.09. The highest BCUT2D eigenvalue weighted by Gasteiger charge is 2.14. The van der Waals surface area contributed by atoms with Crippen LogP contribution in [0.5, 0.6) is 23.0 Å². The molecule has 4 rings (SSSR count). The van der Waals surface area contributed by atoms with E-state index in [2.05, 4.69) is 29.0 Å². The molecule has 0 saturated carbocycles. The molecule has 0 bridgehead atoms. The molecule has 0 atom stereocenters. The van der Waals surface area contributed by atoms with Gasteiger partial charge in [-0.1, -0.05) is 166 Å². The van der Waals surface area contributed by atoms with Crippen LogP contribution in [0.2, 0.25) is 0 Å². The zero-order valence-corrected chi connectivity index (χ0v) is 37.9. The topological polar surface area (TPSA) is 92.1 Å². The van der Waals surface area contributed by atoms with Crippen molar-refractivity contribution < 1.29 is 23.7 Å². The lowest BCUT2D eigenvalue weighted by Gasteiger charge is -2.10. The van der Waals surface area contributed by atoms with E-state index < -0.39 is 5.97 Å². The summed E-state index contributed by atoms with van der Waals surface area (Å²) in [7, 11) is 1.54. The summed E-state index contributed by atoms with van der Waals surface area (Å²) in [5, 5.41) is 9.91. The lowest BCUT2D eigenvalue weighted by Crippen LogP contribution is -2.09. The van der Waals surface area contributed by atoms with E-state index in [0.717, 1.165) is 47.1 Å². The van der Waals surface area contributed by atoms with Crippen LogP contribution in [0.3, 0.4) is 0 Å². The fourth-order valence-electron chi connectivity index (χ4n) is 7.17. The number of nitrogens with zero attached hydrogens (tertiary/aromatic N) is 3. The van der Waals surface area contributed by atoms with Crippen LogP contribution in [0.25, 0.3) is 10.6 Å². The maximum Gasteiger partial charge on any atom is 0.343 e. The van der Waals surface area contributed by atoms with Gasteiger partial charge < -0.3 is 18.9 Å². The third-order valence-corrected chi connectivity index (χ3v) is 11.7. The first-order chi connectivity index (χ1) is 29.6. The van der Waals surface area contributed by atoms with Crippen molar-refractivity contribution in [2.24, 2.45) is 4.99 Å². The van der Waals surface area contributed by atoms with Crippen molar-refractivity contribution in [1.82, 2.24) is 10.2 Å². The summed E-state index contributed by atoms with van der Waals surface area (Å²) >= 11 is 1.41. The van der Waals surface area contributed by atoms with Crippen LogP contribution >= 0.6 is 11.3 Å². The van der Waals surface area contributed by atoms with Crippen LogP contribution in [0.4, 0.5) is 5.13 Å². The molecule has 1 aromatic heterocycles. The lowest BCUT2D eigenvalue weighted by atomic mass is 10.0. The minimum absolute atomic E-state index is 0.326. The molecule has 0 saturated heterocycles. The molecule has 0 unspecified atom stereocenters. The Kier molecular flexibility index (Phi) is 24.8. The molecule has 4 aromatic rings. The summed E-state index contributed by atoms with van der Waals surface area (Å²) in [5.74, 6) is 1.90. The van der Waals surface area contributed by atoms with Gasteiger partial charge in [-0.2, -0.15) is 0 Å². The molecule has 1 heterocycles. The highest BCUT2D eigenvalue weighted by Crippen LogP contribution is 2.31. The van der Waals surface area contributed by atoms with E-state index in [-0.39, 0.29) is 0 Å². The fourth-order valence-corrected chi connectivity index (χ4v) is 7.86. The van der Waals surface area contributed by atoms with Gasteiger partial charge in [0.2, 0.25) is 5.13 Å². The second-order valence-corrected chi connectivity index (χ2v) is 16.9. The number of ether oxygens (including phenoxy) is 4. The highest BCUT2D eigenvalue weighted by atomic mass is 32.1. The molecule has 0 N–H and O–H groups in total. The van der Waals surface area contributed by atoms with Crippen LogP contribution in [0, 0.1) is 0 Å². The van der Waals surface area contributed by atoms with Crippen molar-refractivity contribution in [2.75, 3.05) is 20.3 Å². The second kappa shape index (κ2) is 30.7. The quantitative estimate of drug-likeness (QED) is 0.0200. The standard InChI is InChI=1S/C51H73N3O5S/c1-4-6-8-10-12-14-15-16-17-18-19-20-21-23-25-27-39-58-46-35-31-44(32-36-46)50(55)59-47-37-28-42(40-48(47)56-3)41-52-51-54-53-49(60-51)43-29-33-45(34-30-43)57-38-26-24-22-13-11-9-7-5-2/h28-37,40-41H,4-27,38-39H2,1-3H3/b52-41+. The molecule has 60 heavy (non-hydrogen) atoms. The molecule has 0 radical (unpaired) electrons. The molecule has 0 aliphatic rings. The van der Waals surface area contributed by atoms with E-state index in [0.29, 0.717) is 28.8 Å². The fraction of sp³-hybridized carbons (Fsp3) is 0.569. The van der Waals surface area contributed by atoms with Crippen molar-refractivity contribution in [1.29, 1.82) is 0 Å². The number of esters is 1. The average Bonchev–Trinajstić information content (AvgIpc) is 3.76. The Hall–Kier alpha value is -4.24. The normalized spacial score (nSPS) is 11.3. The summed E-state index contributed by atoms with van der Waals surface area (Å²) in [6.45, 7) is 5.96. The molecular formula is C51H73N3O5S. The number of aromatic nitrogens is 2. The largest absolute Gasteiger partial charge is 0.494 e. The van der Waals surface area contributed by atoms with Crippen molar-refractivity contribution in [3.8, 4) is 33.6 Å². The van der Waals surface area contributed by atoms with Crippen LogP contribution in [0.15, 0.2) is 71.7 Å². The molecular weight excluding hydrogens is 767 g/mol. The summed E-state index contributed by atoms with van der Waals surface area (Å²) in [6, 6.07) is 20.4. The van der Waals surface area contributed by atoms with E-state index in [9.17, 15) is 4.79 Å². The number of aliphatic imine (C=N–C) groups is 1. The zero-order valence-electron chi connectivity index (χ0n) is 37.1. The minimum atomic E-state index is -0.469. The van der Waals surface area contributed by atoms with Gasteiger partial charge in [-0.15, -0.1) is 10.2 Å². The number of carbonyl (C=O) groups is 1. The van der Waals surface area contributed by atoms with E-state index in [1.165, 1.54) is 153 Å². The number of hydrogen-bond acceptors (Lipinski definition) is 9. The molecule has 3 aromatic carbocycles. The van der Waals surface area contributed by atoms with Crippen LogP contribution in [0.1, 0.15) is 184 Å². The predicted molar refractivity (Wildman–Crippen MR) is 250 cm³/mol. The molecule has 0 aliphatic carbocycles. The Morgan fingerprint density at radius 2 is 1.03 bits per heavy atom. The SMILES string of the molecule is CCCCCCCCCCCCCCCCCCOc1ccc(C(=O)Oc2ccc(/C=N/c3nnc(-c4ccc(OCCCCCCCCCC)cc4)s3)cc2OC)cc1. The summed E-state index contributed by atoms with van der Waals surface area (Å²) in [5.41, 5.74) is 2.17. The predicted octanol–water partition coefficient (Wildman–Crippen LogP) is 15.3. The van der Waals surface area contributed by atoms with Gasteiger partial charge in [0.05, 0.1) is 25.9 Å². The number of hydrogen-bond donors (Lipinski definition) is 0. The first kappa shape index (κ1) is 48.4. The Morgan fingerprint density at radius 1 is 0.567 bits per heavy atom. The molecule has 0 fully saturated rings. The first-order valence-electron chi connectivity index (χ1n) is 23.3. The van der Waals surface area contributed by atoms with Crippen LogP contribution in [-0.2, 0) is 0 Å². The average molecular weight is 840 g/mol. The van der Waals surface area contributed by atoms with Gasteiger partial charge in [0, 0.05) is 11.8 Å². The number of carbonyl (C=O) groups excluding carboxylic acids is 1. The van der Waals surface area contributed by atoms with Crippen molar-refractivity contribution >= 4 is 28.7 Å². The molecule has 0 aliphatic heterocycles. The number of benzene rings is 3. The number of methoxy groups -OCH3 is 1. The summed E-state index contributed by atoms with van der Waals surface area (Å²) in [6.07, 6.45) is 33.5. The van der Waals surface area contributed by atoms with Gasteiger partial charge in [-0.25, -0.2) is 9.79 Å². The van der Waals surface area contributed by atoms with Gasteiger partial charge in [0.25, 0.3) is 0 Å². The minimum Gasteiger partial charge on any atom is -0.494 e. The maximum absolute atomic E-state index is 13.0. The van der Waals surface area contributed by atoms with Gasteiger partial charge in [-0.3, -0.25) is 0 Å². The number of rotatable bonds is 34. The second-order valence-electron chi connectivity index (χ2n) is 16.0. The number of unbranched alkanes of at least 4 members (excludes halogenated alkanes) is 22. The molecule has 0 spiro atoms. The van der Waals surface area contributed by atoms with Crippen molar-refractivity contribution in [3.63, 3.8) is 0 Å². The Bertz CT molecular complexity index is 1740. The Morgan fingerprint density at radius 3 is 1.52 bits per heavy atom. The zero-order chi connectivity index (χ0) is 42.3. The van der Waals surface area contributed by atoms with Crippen LogP contribution in [-0.4, -0.2) is 42.7 Å². The Labute approximate surface area is 365 Å². The van der Waals surface area contributed by atoms with Crippen LogP contribution < -0.4 is 18.9 Å². The highest BCUT2D eigenvalue weighted by molar-refractivity contribution is 7.18. The molecule has 8 nitrogen and oxygen atoms in total. The van der Waals surface area contributed by atoms with Gasteiger partial charge in [0.1, 0.15) is 16.5 Å². The molecule has 9 heteroatoms. The van der Waals surface area contributed by atoms with Crippen molar-refractivity contribution in [3.05, 3.63) is 77.9 Å². The summed E-state index contributed by atoms with van der Waals surface area (Å²) < 4.78 is 23.2. The van der Waals surface area contributed by atoms with E-state index in [4.69, 9.17) is 18.9 Å². The van der Waals surface area contributed by atoms with Gasteiger partial charge in [0.15, 0.2) is 11.5 Å². The third kappa shape index (κ3) is 19.9. The maximum atomic E-state index is 13.0. The summed E-state index contributed by atoms with van der Waals surface area (Å²) in [4.78, 5) is 17.5. The smallest absolute Gasteiger partial charge is 0.343 e. The van der Waals surface area contributed by atoms with Crippen molar-refractivity contribution in [2.45, 2.75) is 168 Å². The van der Waals surface area contributed by atoms with E-state index >= 15 is 0 Å². The van der Waals surface area contributed by atoms with E-state index in [1.54, 1.807) is 37.6 Å².